The van der Waals surface area contributed by atoms with Crippen molar-refractivity contribution in [2.45, 2.75) is 12.5 Å². The fraction of sp³-hybridized carbons (Fsp3) is 0.667. The molecule has 2 saturated heterocycles. The van der Waals surface area contributed by atoms with Gasteiger partial charge in [-0.3, -0.25) is 0 Å². The summed E-state index contributed by atoms with van der Waals surface area (Å²) in [5, 5.41) is 3.34. The lowest BCUT2D eigenvalue weighted by atomic mass is 10.2. The molecule has 0 aliphatic carbocycles. The van der Waals surface area contributed by atoms with E-state index in [4.69, 9.17) is 0 Å². The highest BCUT2D eigenvalue weighted by molar-refractivity contribution is 5.77. The third-order valence-corrected chi connectivity index (χ3v) is 3.82. The first-order valence-corrected chi connectivity index (χ1v) is 6.48. The minimum atomic E-state index is 0.190. The van der Waals surface area contributed by atoms with Crippen molar-refractivity contribution in [2.75, 3.05) is 32.7 Å². The molecule has 1 atom stereocenters. The number of carbonyl (C=O) groups excluding carboxylic acids is 1. The number of rotatable bonds is 3. The van der Waals surface area contributed by atoms with Crippen LogP contribution >= 0.6 is 0 Å². The topological polar surface area (TPSA) is 53.4 Å². The monoisotopic (exact) mass is 249 g/mol. The van der Waals surface area contributed by atoms with Gasteiger partial charge in [0, 0.05) is 58.6 Å². The molecule has 18 heavy (non-hydrogen) atoms. The number of urea groups is 1. The second-order valence-electron chi connectivity index (χ2n) is 4.98. The van der Waals surface area contributed by atoms with E-state index in [0.29, 0.717) is 6.04 Å². The van der Waals surface area contributed by atoms with Gasteiger partial charge in [-0.1, -0.05) is 0 Å². The Balaban J connectivity index is 1.60. The lowest BCUT2D eigenvalue weighted by molar-refractivity contribution is 0.179. The van der Waals surface area contributed by atoms with Gasteiger partial charge in [-0.05, 0) is 0 Å². The minimum Gasteiger partial charge on any atom is -0.338 e. The molecule has 2 aliphatic heterocycles. The van der Waals surface area contributed by atoms with E-state index in [-0.39, 0.29) is 6.03 Å². The van der Waals surface area contributed by atoms with Crippen molar-refractivity contribution < 1.29 is 4.79 Å². The summed E-state index contributed by atoms with van der Waals surface area (Å²) in [5.41, 5.74) is 0. The van der Waals surface area contributed by atoms with Crippen molar-refractivity contribution in [2.24, 2.45) is 7.05 Å². The molecule has 1 N–H and O–H groups in total. The van der Waals surface area contributed by atoms with Crippen molar-refractivity contribution in [3.63, 3.8) is 0 Å². The molecule has 0 bridgehead atoms. The molecule has 1 aromatic rings. The lowest BCUT2D eigenvalue weighted by Crippen LogP contribution is -2.49. The number of nitrogens with one attached hydrogen (secondary N) is 1. The van der Waals surface area contributed by atoms with Crippen LogP contribution in [0.4, 0.5) is 4.79 Å². The van der Waals surface area contributed by atoms with E-state index in [9.17, 15) is 4.79 Å². The molecule has 3 heterocycles. The van der Waals surface area contributed by atoms with E-state index in [1.165, 1.54) is 0 Å². The molecular formula is C12H19N5O. The highest BCUT2D eigenvalue weighted by Gasteiger charge is 2.37. The summed E-state index contributed by atoms with van der Waals surface area (Å²) in [6.45, 7) is 4.27. The van der Waals surface area contributed by atoms with Gasteiger partial charge in [-0.25, -0.2) is 9.78 Å². The molecule has 1 unspecified atom stereocenters. The summed E-state index contributed by atoms with van der Waals surface area (Å²) in [6, 6.07) is 0.545. The number of carbonyl (C=O) groups is 1. The Kier molecular flexibility index (Phi) is 2.95. The quantitative estimate of drug-likeness (QED) is 0.798. The van der Waals surface area contributed by atoms with Crippen LogP contribution in [0.15, 0.2) is 12.4 Å². The van der Waals surface area contributed by atoms with Crippen molar-refractivity contribution >= 4 is 6.03 Å². The summed E-state index contributed by atoms with van der Waals surface area (Å²) < 4.78 is 2.01. The number of nitrogens with zero attached hydrogens (tertiary/aromatic N) is 4. The second-order valence-corrected chi connectivity index (χ2v) is 4.98. The average Bonchev–Trinajstić information content (AvgIpc) is 2.92. The lowest BCUT2D eigenvalue weighted by Gasteiger charge is -2.28. The van der Waals surface area contributed by atoms with Crippen molar-refractivity contribution in [1.29, 1.82) is 0 Å². The van der Waals surface area contributed by atoms with Gasteiger partial charge < -0.3 is 19.7 Å². The van der Waals surface area contributed by atoms with Crippen LogP contribution in [0.3, 0.4) is 0 Å². The van der Waals surface area contributed by atoms with Gasteiger partial charge in [-0.2, -0.15) is 0 Å². The van der Waals surface area contributed by atoms with Crippen LogP contribution in [0.2, 0.25) is 0 Å². The van der Waals surface area contributed by atoms with Gasteiger partial charge in [0.1, 0.15) is 5.82 Å². The summed E-state index contributed by atoms with van der Waals surface area (Å²) in [4.78, 5) is 20.4. The molecule has 1 aromatic heterocycles. The Morgan fingerprint density at radius 1 is 1.56 bits per heavy atom. The first-order valence-electron chi connectivity index (χ1n) is 6.48. The van der Waals surface area contributed by atoms with Gasteiger partial charge in [0.25, 0.3) is 0 Å². The number of hydrogen-bond acceptors (Lipinski definition) is 3. The number of amides is 2. The molecule has 0 spiro atoms. The summed E-state index contributed by atoms with van der Waals surface area (Å²) >= 11 is 0. The standard InChI is InChI=1S/C12H19N5O/c1-15-6-4-14-11(15)2-5-16-9-10-8-13-3-7-17(10)12(16)18/h4,6,10,13H,2-3,5,7-9H2,1H3. The van der Waals surface area contributed by atoms with Gasteiger partial charge in [-0.15, -0.1) is 0 Å². The van der Waals surface area contributed by atoms with Gasteiger partial charge >= 0.3 is 6.03 Å². The van der Waals surface area contributed by atoms with E-state index in [1.54, 1.807) is 6.20 Å². The number of piperazine rings is 1. The first kappa shape index (κ1) is 11.5. The van der Waals surface area contributed by atoms with Crippen LogP contribution in [0.25, 0.3) is 0 Å². The third kappa shape index (κ3) is 1.96. The number of hydrogen-bond donors (Lipinski definition) is 1. The number of imidazole rings is 1. The molecular weight excluding hydrogens is 230 g/mol. The molecule has 6 heteroatoms. The smallest absolute Gasteiger partial charge is 0.320 e. The van der Waals surface area contributed by atoms with Crippen LogP contribution < -0.4 is 5.32 Å². The van der Waals surface area contributed by atoms with Crippen LogP contribution in [-0.4, -0.2) is 64.1 Å². The van der Waals surface area contributed by atoms with Crippen molar-refractivity contribution in [1.82, 2.24) is 24.7 Å². The molecule has 0 radical (unpaired) electrons. The summed E-state index contributed by atoms with van der Waals surface area (Å²) in [7, 11) is 1.99. The SMILES string of the molecule is Cn1ccnc1CCN1CC2CNCCN2C1=O. The zero-order valence-electron chi connectivity index (χ0n) is 10.7. The molecule has 6 nitrogen and oxygen atoms in total. The molecule has 0 saturated carbocycles. The maximum Gasteiger partial charge on any atom is 0.320 e. The third-order valence-electron chi connectivity index (χ3n) is 3.82. The van der Waals surface area contributed by atoms with E-state index in [1.807, 2.05) is 27.6 Å². The summed E-state index contributed by atoms with van der Waals surface area (Å²) in [5.74, 6) is 1.03. The van der Waals surface area contributed by atoms with E-state index in [0.717, 1.165) is 45.0 Å². The fourth-order valence-corrected chi connectivity index (χ4v) is 2.75. The highest BCUT2D eigenvalue weighted by atomic mass is 16.2. The molecule has 98 valence electrons. The van der Waals surface area contributed by atoms with E-state index >= 15 is 0 Å². The number of aryl methyl sites for hydroxylation is 1. The number of aromatic nitrogens is 2. The maximum absolute atomic E-state index is 12.2. The molecule has 3 rings (SSSR count). The highest BCUT2D eigenvalue weighted by Crippen LogP contribution is 2.17. The molecule has 2 aliphatic rings. The Bertz CT molecular complexity index is 443. The maximum atomic E-state index is 12.2. The Hall–Kier alpha value is -1.56. The fourth-order valence-electron chi connectivity index (χ4n) is 2.75. The minimum absolute atomic E-state index is 0.190. The van der Waals surface area contributed by atoms with Crippen LogP contribution in [0, 0.1) is 0 Å². The van der Waals surface area contributed by atoms with E-state index < -0.39 is 0 Å². The number of fused-ring (bicyclic) bond motifs is 1. The largest absolute Gasteiger partial charge is 0.338 e. The average molecular weight is 249 g/mol. The second kappa shape index (κ2) is 4.61. The zero-order chi connectivity index (χ0) is 12.5. The van der Waals surface area contributed by atoms with Gasteiger partial charge in [0.15, 0.2) is 0 Å². The summed E-state index contributed by atoms with van der Waals surface area (Å²) in [6.07, 6.45) is 4.56. The van der Waals surface area contributed by atoms with Crippen molar-refractivity contribution in [3.05, 3.63) is 18.2 Å². The Labute approximate surface area is 107 Å². The van der Waals surface area contributed by atoms with Crippen molar-refractivity contribution in [3.8, 4) is 0 Å². The molecule has 0 aromatic carbocycles. The van der Waals surface area contributed by atoms with Gasteiger partial charge in [0.2, 0.25) is 0 Å². The van der Waals surface area contributed by atoms with Gasteiger partial charge in [0.05, 0.1) is 6.04 Å². The predicted molar refractivity (Wildman–Crippen MR) is 67.2 cm³/mol. The van der Waals surface area contributed by atoms with Crippen LogP contribution in [0.1, 0.15) is 5.82 Å². The van der Waals surface area contributed by atoms with Crippen LogP contribution in [0.5, 0.6) is 0 Å². The Morgan fingerprint density at radius 2 is 2.44 bits per heavy atom. The zero-order valence-corrected chi connectivity index (χ0v) is 10.7. The predicted octanol–water partition coefficient (Wildman–Crippen LogP) is -0.328. The first-order chi connectivity index (χ1) is 8.75. The normalized spacial score (nSPS) is 23.6. The van der Waals surface area contributed by atoms with E-state index in [2.05, 4.69) is 10.3 Å². The molecule has 2 amide bonds. The Morgan fingerprint density at radius 3 is 3.17 bits per heavy atom. The van der Waals surface area contributed by atoms with Crippen LogP contribution in [-0.2, 0) is 13.5 Å². The molecule has 2 fully saturated rings.